The molecule has 5 nitrogen and oxygen atoms in total. The van der Waals surface area contributed by atoms with Crippen molar-refractivity contribution < 1.29 is 4.74 Å². The molecular weight excluding hydrogens is 320 g/mol. The number of anilines is 3. The molecule has 1 heterocycles. The Kier molecular flexibility index (Phi) is 4.79. The summed E-state index contributed by atoms with van der Waals surface area (Å²) >= 11 is 3.48. The first-order chi connectivity index (χ1) is 9.63. The fraction of sp³-hybridized carbons (Fsp3) is 0.286. The molecule has 2 aromatic rings. The number of aryl methyl sites for hydroxylation is 1. The monoisotopic (exact) mass is 336 g/mol. The average molecular weight is 337 g/mol. The standard InChI is InChI=1S/C14H17BrN4O/c1-4-16-13-12(20-3)14(18-8-17-13)19-11-6-9(2)5-10(15)7-11/h5-8H,4H2,1-3H3,(H2,16,17,18,19). The Morgan fingerprint density at radius 1 is 1.20 bits per heavy atom. The van der Waals surface area contributed by atoms with Crippen LogP contribution in [0.1, 0.15) is 12.5 Å². The van der Waals surface area contributed by atoms with Crippen LogP contribution in [0.2, 0.25) is 0 Å². The maximum Gasteiger partial charge on any atom is 0.204 e. The predicted molar refractivity (Wildman–Crippen MR) is 84.9 cm³/mol. The van der Waals surface area contributed by atoms with Gasteiger partial charge in [-0.15, -0.1) is 0 Å². The molecule has 2 N–H and O–H groups in total. The van der Waals surface area contributed by atoms with E-state index in [1.54, 1.807) is 7.11 Å². The Hall–Kier alpha value is -1.82. The van der Waals surface area contributed by atoms with E-state index in [-0.39, 0.29) is 0 Å². The molecule has 0 aliphatic heterocycles. The number of aromatic nitrogens is 2. The fourth-order valence-electron chi connectivity index (χ4n) is 1.89. The number of ether oxygens (including phenoxy) is 1. The van der Waals surface area contributed by atoms with Gasteiger partial charge in [0.2, 0.25) is 5.75 Å². The minimum absolute atomic E-state index is 0.604. The van der Waals surface area contributed by atoms with Gasteiger partial charge in [-0.1, -0.05) is 15.9 Å². The second-order valence-electron chi connectivity index (χ2n) is 4.28. The van der Waals surface area contributed by atoms with Crippen LogP contribution in [0.3, 0.4) is 0 Å². The lowest BCUT2D eigenvalue weighted by Crippen LogP contribution is -2.05. The molecule has 106 valence electrons. The molecule has 20 heavy (non-hydrogen) atoms. The van der Waals surface area contributed by atoms with Gasteiger partial charge < -0.3 is 15.4 Å². The van der Waals surface area contributed by atoms with E-state index in [0.29, 0.717) is 17.4 Å². The number of nitrogens with one attached hydrogen (secondary N) is 2. The molecule has 0 saturated carbocycles. The van der Waals surface area contributed by atoms with Crippen LogP contribution in [0.4, 0.5) is 17.3 Å². The highest BCUT2D eigenvalue weighted by Gasteiger charge is 2.12. The van der Waals surface area contributed by atoms with E-state index < -0.39 is 0 Å². The summed E-state index contributed by atoms with van der Waals surface area (Å²) in [4.78, 5) is 8.42. The van der Waals surface area contributed by atoms with Crippen LogP contribution in [0, 0.1) is 6.92 Å². The van der Waals surface area contributed by atoms with Crippen molar-refractivity contribution in [2.24, 2.45) is 0 Å². The van der Waals surface area contributed by atoms with Crippen LogP contribution in [-0.2, 0) is 0 Å². The lowest BCUT2D eigenvalue weighted by atomic mass is 10.2. The molecule has 0 saturated heterocycles. The Bertz CT molecular complexity index is 583. The quantitative estimate of drug-likeness (QED) is 0.871. The second kappa shape index (κ2) is 6.56. The van der Waals surface area contributed by atoms with Crippen LogP contribution in [0.15, 0.2) is 29.0 Å². The van der Waals surface area contributed by atoms with Crippen LogP contribution in [0.25, 0.3) is 0 Å². The Labute approximate surface area is 126 Å². The maximum absolute atomic E-state index is 5.40. The number of benzene rings is 1. The summed E-state index contributed by atoms with van der Waals surface area (Å²) in [5.74, 6) is 1.92. The molecule has 0 fully saturated rings. The number of hydrogen-bond acceptors (Lipinski definition) is 5. The fourth-order valence-corrected chi connectivity index (χ4v) is 2.50. The molecule has 0 spiro atoms. The molecule has 0 amide bonds. The van der Waals surface area contributed by atoms with Crippen molar-refractivity contribution in [3.05, 3.63) is 34.6 Å². The van der Waals surface area contributed by atoms with E-state index in [2.05, 4.69) is 36.5 Å². The minimum Gasteiger partial charge on any atom is -0.490 e. The lowest BCUT2D eigenvalue weighted by molar-refractivity contribution is 0.415. The predicted octanol–water partition coefficient (Wildman–Crippen LogP) is 3.73. The van der Waals surface area contributed by atoms with Gasteiger partial charge in [0, 0.05) is 16.7 Å². The third-order valence-corrected chi connectivity index (χ3v) is 3.11. The van der Waals surface area contributed by atoms with Crippen LogP contribution in [0.5, 0.6) is 5.75 Å². The largest absolute Gasteiger partial charge is 0.490 e. The average Bonchev–Trinajstić information content (AvgIpc) is 2.38. The number of rotatable bonds is 5. The minimum atomic E-state index is 0.604. The van der Waals surface area contributed by atoms with Crippen molar-refractivity contribution in [3.63, 3.8) is 0 Å². The Morgan fingerprint density at radius 3 is 2.60 bits per heavy atom. The molecule has 0 aliphatic carbocycles. The van der Waals surface area contributed by atoms with Crippen LogP contribution < -0.4 is 15.4 Å². The topological polar surface area (TPSA) is 59.1 Å². The molecule has 0 unspecified atom stereocenters. The zero-order chi connectivity index (χ0) is 14.5. The molecule has 0 aliphatic rings. The zero-order valence-electron chi connectivity index (χ0n) is 11.7. The van der Waals surface area contributed by atoms with E-state index in [1.807, 2.05) is 32.0 Å². The lowest BCUT2D eigenvalue weighted by Gasteiger charge is -2.14. The second-order valence-corrected chi connectivity index (χ2v) is 5.19. The molecule has 6 heteroatoms. The molecule has 0 radical (unpaired) electrons. The zero-order valence-corrected chi connectivity index (χ0v) is 13.3. The molecule has 1 aromatic heterocycles. The van der Waals surface area contributed by atoms with Gasteiger partial charge in [-0.2, -0.15) is 0 Å². The smallest absolute Gasteiger partial charge is 0.204 e. The Balaban J connectivity index is 2.35. The van der Waals surface area contributed by atoms with E-state index in [9.17, 15) is 0 Å². The van der Waals surface area contributed by atoms with Crippen molar-refractivity contribution in [1.29, 1.82) is 0 Å². The van der Waals surface area contributed by atoms with Gasteiger partial charge in [-0.05, 0) is 37.6 Å². The Morgan fingerprint density at radius 2 is 1.95 bits per heavy atom. The van der Waals surface area contributed by atoms with Gasteiger partial charge in [0.1, 0.15) is 6.33 Å². The van der Waals surface area contributed by atoms with Gasteiger partial charge in [0.25, 0.3) is 0 Å². The highest BCUT2D eigenvalue weighted by Crippen LogP contribution is 2.32. The van der Waals surface area contributed by atoms with Gasteiger partial charge >= 0.3 is 0 Å². The van der Waals surface area contributed by atoms with Crippen LogP contribution in [-0.4, -0.2) is 23.6 Å². The highest BCUT2D eigenvalue weighted by atomic mass is 79.9. The summed E-state index contributed by atoms with van der Waals surface area (Å²) in [6, 6.07) is 6.08. The van der Waals surface area contributed by atoms with E-state index in [1.165, 1.54) is 6.33 Å². The van der Waals surface area contributed by atoms with E-state index in [4.69, 9.17) is 4.74 Å². The molecular formula is C14H17BrN4O. The van der Waals surface area contributed by atoms with Crippen molar-refractivity contribution in [2.75, 3.05) is 24.3 Å². The van der Waals surface area contributed by atoms with Crippen molar-refractivity contribution in [3.8, 4) is 5.75 Å². The molecule has 0 atom stereocenters. The molecule has 0 bridgehead atoms. The first kappa shape index (κ1) is 14.6. The normalized spacial score (nSPS) is 10.2. The first-order valence-corrected chi connectivity index (χ1v) is 7.10. The maximum atomic E-state index is 5.40. The summed E-state index contributed by atoms with van der Waals surface area (Å²) in [6.07, 6.45) is 1.51. The summed E-state index contributed by atoms with van der Waals surface area (Å²) in [5, 5.41) is 6.41. The van der Waals surface area contributed by atoms with Gasteiger partial charge in [-0.25, -0.2) is 9.97 Å². The number of hydrogen-bond donors (Lipinski definition) is 2. The van der Waals surface area contributed by atoms with Gasteiger partial charge in [0.05, 0.1) is 7.11 Å². The van der Waals surface area contributed by atoms with E-state index >= 15 is 0 Å². The summed E-state index contributed by atoms with van der Waals surface area (Å²) in [7, 11) is 1.61. The summed E-state index contributed by atoms with van der Waals surface area (Å²) in [5.41, 5.74) is 2.10. The van der Waals surface area contributed by atoms with Crippen molar-refractivity contribution in [2.45, 2.75) is 13.8 Å². The van der Waals surface area contributed by atoms with Crippen molar-refractivity contribution in [1.82, 2.24) is 9.97 Å². The third-order valence-electron chi connectivity index (χ3n) is 2.66. The van der Waals surface area contributed by atoms with Gasteiger partial charge in [0.15, 0.2) is 11.6 Å². The SMILES string of the molecule is CCNc1ncnc(Nc2cc(C)cc(Br)c2)c1OC. The highest BCUT2D eigenvalue weighted by molar-refractivity contribution is 9.10. The summed E-state index contributed by atoms with van der Waals surface area (Å²) in [6.45, 7) is 4.81. The molecule has 1 aromatic carbocycles. The number of halogens is 1. The van der Waals surface area contributed by atoms with Crippen molar-refractivity contribution >= 4 is 33.3 Å². The van der Waals surface area contributed by atoms with Crippen LogP contribution >= 0.6 is 15.9 Å². The van der Waals surface area contributed by atoms with Gasteiger partial charge in [-0.3, -0.25) is 0 Å². The molecule has 2 rings (SSSR count). The summed E-state index contributed by atoms with van der Waals surface area (Å²) < 4.78 is 6.41. The number of nitrogens with zero attached hydrogens (tertiary/aromatic N) is 2. The number of methoxy groups -OCH3 is 1. The third kappa shape index (κ3) is 3.39. The first-order valence-electron chi connectivity index (χ1n) is 6.31. The van der Waals surface area contributed by atoms with E-state index in [0.717, 1.165) is 22.3 Å².